The third-order valence-corrected chi connectivity index (χ3v) is 9.25. The first kappa shape index (κ1) is 17.7. The van der Waals surface area contributed by atoms with Crippen molar-refractivity contribution in [1.82, 2.24) is 0 Å². The molecule has 4 bridgehead atoms. The number of nitrogens with zero attached hydrogens (tertiary/aromatic N) is 1. The Balaban J connectivity index is 1.39. The Morgan fingerprint density at radius 1 is 0.906 bits per heavy atom. The summed E-state index contributed by atoms with van der Waals surface area (Å²) >= 11 is 0. The summed E-state index contributed by atoms with van der Waals surface area (Å²) in [5.41, 5.74) is 6.41. The molecule has 0 saturated heterocycles. The van der Waals surface area contributed by atoms with Gasteiger partial charge >= 0.3 is 0 Å². The molecule has 5 aliphatic rings. The van der Waals surface area contributed by atoms with Crippen LogP contribution in [0.3, 0.4) is 0 Å². The van der Waals surface area contributed by atoms with Gasteiger partial charge in [-0.2, -0.15) is 0 Å². The van der Waals surface area contributed by atoms with E-state index in [1.165, 1.54) is 60.6 Å². The molecule has 0 spiro atoms. The van der Waals surface area contributed by atoms with E-state index < -0.39 is 0 Å². The van der Waals surface area contributed by atoms with E-state index in [2.05, 4.69) is 49.0 Å². The number of hydrogen-bond donors (Lipinski definition) is 0. The molecule has 3 heteroatoms. The van der Waals surface area contributed by atoms with Crippen LogP contribution < -0.4 is 9.30 Å². The minimum Gasteiger partial charge on any atom is -0.464 e. The highest BCUT2D eigenvalue weighted by atomic mass is 16.5. The van der Waals surface area contributed by atoms with Gasteiger partial charge in [-0.05, 0) is 104 Å². The van der Waals surface area contributed by atoms with Crippen LogP contribution in [0.2, 0.25) is 0 Å². The highest BCUT2D eigenvalue weighted by molar-refractivity contribution is 6.04. The van der Waals surface area contributed by atoms with E-state index in [1.54, 1.807) is 6.26 Å². The van der Waals surface area contributed by atoms with Crippen LogP contribution in [0.15, 0.2) is 47.2 Å². The van der Waals surface area contributed by atoms with Crippen molar-refractivity contribution in [3.63, 3.8) is 0 Å². The molecule has 2 aromatic heterocycles. The predicted molar refractivity (Wildman–Crippen MR) is 125 cm³/mol. The zero-order valence-electron chi connectivity index (χ0n) is 18.8. The lowest BCUT2D eigenvalue weighted by Gasteiger charge is -2.57. The number of aromatic nitrogens is 1. The van der Waals surface area contributed by atoms with Crippen LogP contribution >= 0.6 is 0 Å². The van der Waals surface area contributed by atoms with Crippen LogP contribution in [-0.2, 0) is 12.5 Å². The number of furan rings is 1. The van der Waals surface area contributed by atoms with Crippen LogP contribution in [0.5, 0.6) is 11.5 Å². The molecule has 3 nitrogen and oxygen atoms in total. The van der Waals surface area contributed by atoms with Crippen LogP contribution in [0.25, 0.3) is 33.0 Å². The Hall–Kier alpha value is -2.81. The average Bonchev–Trinajstić information content (AvgIpc) is 3.23. The molecule has 0 amide bonds. The van der Waals surface area contributed by atoms with Gasteiger partial charge in [-0.15, -0.1) is 0 Å². The number of ether oxygens (including phenoxy) is 1. The number of benzene rings is 2. The molecule has 0 radical (unpaired) electrons. The smallest absolute Gasteiger partial charge is 0.228 e. The highest BCUT2D eigenvalue weighted by Crippen LogP contribution is 2.61. The monoisotopic (exact) mass is 422 g/mol. The first-order valence-electron chi connectivity index (χ1n) is 12.2. The third-order valence-electron chi connectivity index (χ3n) is 9.25. The lowest BCUT2D eigenvalue weighted by Crippen LogP contribution is -2.48. The number of hydrogen-bond acceptors (Lipinski definition) is 2. The number of fused-ring (bicyclic) bond motifs is 3. The standard InChI is InChI=1S/C29H28NO2/c1-16-25-23(11-21-4-6-31-28(16)21)32-24-12-22(10-20-3-5-30(2)27(25)26(20)24)29-13-17-7-18(14-29)9-19(8-17)15-29/h3-6,10-12,17-19H,7-9,13-15H2,1-2H3/q+1. The molecular formula is C29H28NO2+. The van der Waals surface area contributed by atoms with Gasteiger partial charge in [0.15, 0.2) is 6.20 Å². The van der Waals surface area contributed by atoms with Crippen LogP contribution in [0, 0.1) is 24.7 Å². The van der Waals surface area contributed by atoms with E-state index in [0.29, 0.717) is 5.41 Å². The molecule has 4 aliphatic carbocycles. The summed E-state index contributed by atoms with van der Waals surface area (Å²) in [6.45, 7) is 2.15. The molecule has 32 heavy (non-hydrogen) atoms. The minimum atomic E-state index is 0.367. The SMILES string of the molecule is Cc1c2c(cc3ccoc13)Oc1cc(C34CC5CC(CC(C5)C3)C4)cc3cc[n+](C)c-2c13. The van der Waals surface area contributed by atoms with Crippen LogP contribution in [-0.4, -0.2) is 0 Å². The van der Waals surface area contributed by atoms with Crippen molar-refractivity contribution >= 4 is 21.7 Å². The Labute approximate surface area is 188 Å². The Bertz CT molecular complexity index is 1420. The van der Waals surface area contributed by atoms with E-state index >= 15 is 0 Å². The van der Waals surface area contributed by atoms with E-state index in [9.17, 15) is 0 Å². The second kappa shape index (κ2) is 5.75. The van der Waals surface area contributed by atoms with Gasteiger partial charge in [-0.1, -0.05) is 0 Å². The highest BCUT2D eigenvalue weighted by Gasteiger charge is 2.52. The van der Waals surface area contributed by atoms with Crippen molar-refractivity contribution in [2.24, 2.45) is 24.8 Å². The van der Waals surface area contributed by atoms with Crippen molar-refractivity contribution in [3.05, 3.63) is 53.9 Å². The van der Waals surface area contributed by atoms with Gasteiger partial charge in [0.25, 0.3) is 0 Å². The molecule has 0 unspecified atom stereocenters. The Morgan fingerprint density at radius 2 is 1.66 bits per heavy atom. The maximum absolute atomic E-state index is 6.71. The van der Waals surface area contributed by atoms with Gasteiger partial charge in [0.1, 0.15) is 24.1 Å². The lowest BCUT2D eigenvalue weighted by atomic mass is 9.48. The predicted octanol–water partition coefficient (Wildman–Crippen LogP) is 6.96. The summed E-state index contributed by atoms with van der Waals surface area (Å²) < 4.78 is 14.8. The van der Waals surface area contributed by atoms with Gasteiger partial charge in [0.2, 0.25) is 5.69 Å². The zero-order chi connectivity index (χ0) is 21.2. The molecule has 160 valence electrons. The van der Waals surface area contributed by atoms with Gasteiger partial charge in [0, 0.05) is 17.0 Å². The number of pyridine rings is 1. The lowest BCUT2D eigenvalue weighted by molar-refractivity contribution is -0.659. The topological polar surface area (TPSA) is 26.2 Å². The van der Waals surface area contributed by atoms with Crippen molar-refractivity contribution in [2.75, 3.05) is 0 Å². The van der Waals surface area contributed by atoms with E-state index in [4.69, 9.17) is 9.15 Å². The molecule has 3 heterocycles. The Morgan fingerprint density at radius 3 is 2.41 bits per heavy atom. The van der Waals surface area contributed by atoms with Crippen LogP contribution in [0.4, 0.5) is 0 Å². The molecule has 0 atom stereocenters. The molecule has 1 aliphatic heterocycles. The van der Waals surface area contributed by atoms with Crippen molar-refractivity contribution < 1.29 is 13.7 Å². The number of aryl methyl sites for hydroxylation is 2. The summed E-state index contributed by atoms with van der Waals surface area (Å²) in [4.78, 5) is 0. The summed E-state index contributed by atoms with van der Waals surface area (Å²) in [6.07, 6.45) is 12.6. The van der Waals surface area contributed by atoms with E-state index in [1.807, 2.05) is 6.07 Å². The third kappa shape index (κ3) is 2.15. The summed E-state index contributed by atoms with van der Waals surface area (Å²) in [5.74, 6) is 4.81. The van der Waals surface area contributed by atoms with Crippen molar-refractivity contribution in [3.8, 4) is 22.8 Å². The average molecular weight is 423 g/mol. The maximum atomic E-state index is 6.71. The summed E-state index contributed by atoms with van der Waals surface area (Å²) in [5, 5.41) is 3.66. The first-order valence-corrected chi connectivity index (χ1v) is 12.2. The minimum absolute atomic E-state index is 0.367. The summed E-state index contributed by atoms with van der Waals surface area (Å²) in [6, 6.07) is 11.4. The Kier molecular flexibility index (Phi) is 3.18. The van der Waals surface area contributed by atoms with Gasteiger partial charge in [-0.25, -0.2) is 4.57 Å². The largest absolute Gasteiger partial charge is 0.464 e. The van der Waals surface area contributed by atoms with Crippen LogP contribution in [0.1, 0.15) is 49.7 Å². The summed E-state index contributed by atoms with van der Waals surface area (Å²) in [7, 11) is 2.15. The van der Waals surface area contributed by atoms with Gasteiger partial charge < -0.3 is 9.15 Å². The maximum Gasteiger partial charge on any atom is 0.228 e. The molecule has 0 N–H and O–H groups in total. The fraction of sp³-hybridized carbons (Fsp3) is 0.414. The fourth-order valence-corrected chi connectivity index (χ4v) is 8.36. The zero-order valence-corrected chi connectivity index (χ0v) is 18.8. The second-order valence-electron chi connectivity index (χ2n) is 11.2. The number of rotatable bonds is 1. The van der Waals surface area contributed by atoms with Crippen molar-refractivity contribution in [2.45, 2.75) is 50.9 Å². The molecule has 4 saturated carbocycles. The van der Waals surface area contributed by atoms with Crippen molar-refractivity contribution in [1.29, 1.82) is 0 Å². The normalized spacial score (nSPS) is 29.5. The quantitative estimate of drug-likeness (QED) is 0.273. The second-order valence-corrected chi connectivity index (χ2v) is 11.2. The van der Waals surface area contributed by atoms with E-state index in [-0.39, 0.29) is 0 Å². The molecule has 4 aromatic rings. The fourth-order valence-electron chi connectivity index (χ4n) is 8.36. The van der Waals surface area contributed by atoms with Gasteiger partial charge in [0.05, 0.1) is 17.2 Å². The molecule has 9 rings (SSSR count). The molecule has 2 aromatic carbocycles. The molecular weight excluding hydrogens is 394 g/mol. The van der Waals surface area contributed by atoms with Gasteiger partial charge in [-0.3, -0.25) is 0 Å². The first-order chi connectivity index (χ1) is 15.6. The molecule has 4 fully saturated rings. The van der Waals surface area contributed by atoms with E-state index in [0.717, 1.165) is 51.3 Å².